The van der Waals surface area contributed by atoms with Crippen LogP contribution in [-0.4, -0.2) is 18.4 Å². The van der Waals surface area contributed by atoms with E-state index in [9.17, 15) is 9.59 Å². The van der Waals surface area contributed by atoms with Gasteiger partial charge in [0.05, 0.1) is 29.6 Å². The average molecular weight is 268 g/mol. The summed E-state index contributed by atoms with van der Waals surface area (Å²) in [5.74, 6) is 1.63. The predicted octanol–water partition coefficient (Wildman–Crippen LogP) is 1.89. The molecule has 2 N–H and O–H groups in total. The number of amides is 2. The summed E-state index contributed by atoms with van der Waals surface area (Å²) in [7, 11) is 0. The number of furan rings is 1. The summed E-state index contributed by atoms with van der Waals surface area (Å²) in [4.78, 5) is 23.8. The largest absolute Gasteiger partial charge is 0.472 e. The highest BCUT2D eigenvalue weighted by Gasteiger charge is 2.13. The quantitative estimate of drug-likeness (QED) is 0.832. The standard InChI is InChI=1S/C15H12N2O3/c1-2-8-16-15(19)12-5-3-4-6-13(12)17-14(18)11-7-9-20-10-11/h1,3-7,9-10H,8H2,(H,16,19)(H,17,18). The van der Waals surface area contributed by atoms with Crippen molar-refractivity contribution in [3.63, 3.8) is 0 Å². The van der Waals surface area contributed by atoms with E-state index in [0.29, 0.717) is 16.8 Å². The lowest BCUT2D eigenvalue weighted by Crippen LogP contribution is -2.25. The number of nitrogens with one attached hydrogen (secondary N) is 2. The Kier molecular flexibility index (Phi) is 4.20. The lowest BCUT2D eigenvalue weighted by molar-refractivity contribution is 0.0959. The van der Waals surface area contributed by atoms with Gasteiger partial charge in [-0.15, -0.1) is 6.42 Å². The van der Waals surface area contributed by atoms with Gasteiger partial charge in [0.1, 0.15) is 6.26 Å². The first-order valence-electron chi connectivity index (χ1n) is 5.86. The number of anilines is 1. The van der Waals surface area contributed by atoms with Crippen LogP contribution in [0.25, 0.3) is 0 Å². The van der Waals surface area contributed by atoms with E-state index in [-0.39, 0.29) is 18.4 Å². The molecule has 0 saturated heterocycles. The van der Waals surface area contributed by atoms with Crippen molar-refractivity contribution in [2.45, 2.75) is 0 Å². The first-order chi connectivity index (χ1) is 9.72. The van der Waals surface area contributed by atoms with Crippen molar-refractivity contribution in [3.8, 4) is 12.3 Å². The van der Waals surface area contributed by atoms with E-state index in [1.165, 1.54) is 18.6 Å². The molecule has 0 spiro atoms. The van der Waals surface area contributed by atoms with Gasteiger partial charge in [0.2, 0.25) is 0 Å². The topological polar surface area (TPSA) is 71.3 Å². The average Bonchev–Trinajstić information content (AvgIpc) is 2.99. The van der Waals surface area contributed by atoms with Crippen molar-refractivity contribution in [2.24, 2.45) is 0 Å². The van der Waals surface area contributed by atoms with Gasteiger partial charge < -0.3 is 15.1 Å². The highest BCUT2D eigenvalue weighted by molar-refractivity contribution is 6.08. The molecule has 1 aromatic heterocycles. The Morgan fingerprint density at radius 3 is 2.70 bits per heavy atom. The molecule has 0 radical (unpaired) electrons. The Hall–Kier alpha value is -3.00. The van der Waals surface area contributed by atoms with Crippen LogP contribution in [0.4, 0.5) is 5.69 Å². The van der Waals surface area contributed by atoms with Crippen LogP contribution < -0.4 is 10.6 Å². The van der Waals surface area contributed by atoms with Gasteiger partial charge in [0, 0.05) is 0 Å². The number of terminal acetylenes is 1. The number of rotatable bonds is 4. The number of hydrogen-bond donors (Lipinski definition) is 2. The van der Waals surface area contributed by atoms with Gasteiger partial charge in [-0.1, -0.05) is 18.1 Å². The van der Waals surface area contributed by atoms with E-state index in [4.69, 9.17) is 10.8 Å². The molecular weight excluding hydrogens is 256 g/mol. The maximum absolute atomic E-state index is 11.9. The lowest BCUT2D eigenvalue weighted by Gasteiger charge is -2.09. The maximum atomic E-state index is 11.9. The Labute approximate surface area is 116 Å². The zero-order valence-electron chi connectivity index (χ0n) is 10.6. The van der Waals surface area contributed by atoms with Crippen LogP contribution in [0.15, 0.2) is 47.3 Å². The Morgan fingerprint density at radius 2 is 2.00 bits per heavy atom. The van der Waals surface area contributed by atoms with Crippen molar-refractivity contribution in [3.05, 3.63) is 54.0 Å². The molecule has 0 aliphatic rings. The number of benzene rings is 1. The normalized spacial score (nSPS) is 9.55. The van der Waals surface area contributed by atoms with Crippen molar-refractivity contribution in [1.82, 2.24) is 5.32 Å². The molecule has 0 fully saturated rings. The second-order valence-corrected chi connectivity index (χ2v) is 3.90. The Bertz CT molecular complexity index is 654. The van der Waals surface area contributed by atoms with Gasteiger partial charge >= 0.3 is 0 Å². The zero-order chi connectivity index (χ0) is 14.4. The molecule has 0 bridgehead atoms. The molecule has 2 rings (SSSR count). The third kappa shape index (κ3) is 3.06. The summed E-state index contributed by atoms with van der Waals surface area (Å²) in [5, 5.41) is 5.21. The molecule has 20 heavy (non-hydrogen) atoms. The predicted molar refractivity (Wildman–Crippen MR) is 74.3 cm³/mol. The van der Waals surface area contributed by atoms with Gasteiger partial charge in [-0.2, -0.15) is 0 Å². The summed E-state index contributed by atoms with van der Waals surface area (Å²) in [6.07, 6.45) is 7.83. The van der Waals surface area contributed by atoms with E-state index in [1.54, 1.807) is 24.3 Å². The highest BCUT2D eigenvalue weighted by Crippen LogP contribution is 2.16. The van der Waals surface area contributed by atoms with E-state index in [1.807, 2.05) is 0 Å². The van der Waals surface area contributed by atoms with Crippen LogP contribution in [0.5, 0.6) is 0 Å². The van der Waals surface area contributed by atoms with Crippen LogP contribution in [0.1, 0.15) is 20.7 Å². The van der Waals surface area contributed by atoms with E-state index < -0.39 is 0 Å². The molecule has 0 aliphatic carbocycles. The molecule has 0 saturated carbocycles. The molecule has 2 aromatic rings. The fraction of sp³-hybridized carbons (Fsp3) is 0.0667. The van der Waals surface area contributed by atoms with Crippen molar-refractivity contribution in [2.75, 3.05) is 11.9 Å². The van der Waals surface area contributed by atoms with Crippen molar-refractivity contribution in [1.29, 1.82) is 0 Å². The maximum Gasteiger partial charge on any atom is 0.258 e. The van der Waals surface area contributed by atoms with Gasteiger partial charge in [0.15, 0.2) is 0 Å². The Morgan fingerprint density at radius 1 is 1.20 bits per heavy atom. The third-order valence-corrected chi connectivity index (χ3v) is 2.55. The first kappa shape index (κ1) is 13.4. The molecule has 2 amide bonds. The minimum absolute atomic E-state index is 0.128. The van der Waals surface area contributed by atoms with Gasteiger partial charge in [-0.25, -0.2) is 0 Å². The number of para-hydroxylation sites is 1. The second kappa shape index (κ2) is 6.25. The molecule has 100 valence electrons. The summed E-state index contributed by atoms with van der Waals surface area (Å²) < 4.78 is 4.84. The molecule has 5 heteroatoms. The summed E-state index contributed by atoms with van der Waals surface area (Å²) in [6.45, 7) is 0.128. The molecule has 5 nitrogen and oxygen atoms in total. The lowest BCUT2D eigenvalue weighted by atomic mass is 10.1. The fourth-order valence-corrected chi connectivity index (χ4v) is 1.60. The molecule has 0 unspecified atom stereocenters. The summed E-state index contributed by atoms with van der Waals surface area (Å²) in [5.41, 5.74) is 1.14. The highest BCUT2D eigenvalue weighted by atomic mass is 16.3. The van der Waals surface area contributed by atoms with Crippen LogP contribution in [-0.2, 0) is 0 Å². The monoisotopic (exact) mass is 268 g/mol. The summed E-state index contributed by atoms with van der Waals surface area (Å²) in [6, 6.07) is 8.22. The van der Waals surface area contributed by atoms with E-state index >= 15 is 0 Å². The molecule has 1 heterocycles. The smallest absolute Gasteiger partial charge is 0.258 e. The fourth-order valence-electron chi connectivity index (χ4n) is 1.60. The molecule has 0 aliphatic heterocycles. The van der Waals surface area contributed by atoms with Crippen LogP contribution in [0.2, 0.25) is 0 Å². The van der Waals surface area contributed by atoms with E-state index in [2.05, 4.69) is 16.6 Å². The SMILES string of the molecule is C#CCNC(=O)c1ccccc1NC(=O)c1ccoc1. The minimum atomic E-state index is -0.351. The Balaban J connectivity index is 2.18. The number of hydrogen-bond acceptors (Lipinski definition) is 3. The van der Waals surface area contributed by atoms with Gasteiger partial charge in [0.25, 0.3) is 11.8 Å². The zero-order valence-corrected chi connectivity index (χ0v) is 10.6. The molecule has 0 atom stereocenters. The van der Waals surface area contributed by atoms with Crippen molar-refractivity contribution >= 4 is 17.5 Å². The second-order valence-electron chi connectivity index (χ2n) is 3.90. The van der Waals surface area contributed by atoms with Crippen molar-refractivity contribution < 1.29 is 14.0 Å². The van der Waals surface area contributed by atoms with Crippen LogP contribution >= 0.6 is 0 Å². The summed E-state index contributed by atoms with van der Waals surface area (Å²) >= 11 is 0. The van der Waals surface area contributed by atoms with Crippen LogP contribution in [0.3, 0.4) is 0 Å². The minimum Gasteiger partial charge on any atom is -0.472 e. The molecule has 1 aromatic carbocycles. The molecular formula is C15H12N2O3. The first-order valence-corrected chi connectivity index (χ1v) is 5.86. The number of carbonyl (C=O) groups is 2. The van der Waals surface area contributed by atoms with Crippen LogP contribution in [0, 0.1) is 12.3 Å². The number of carbonyl (C=O) groups excluding carboxylic acids is 2. The van der Waals surface area contributed by atoms with Gasteiger partial charge in [-0.05, 0) is 18.2 Å². The van der Waals surface area contributed by atoms with Gasteiger partial charge in [-0.3, -0.25) is 9.59 Å². The van der Waals surface area contributed by atoms with E-state index in [0.717, 1.165) is 0 Å². The third-order valence-electron chi connectivity index (χ3n) is 2.55.